The van der Waals surface area contributed by atoms with E-state index in [-0.39, 0.29) is 5.92 Å². The molecule has 2 aromatic carbocycles. The molecule has 0 saturated carbocycles. The number of benzene rings is 2. The molecule has 0 atom stereocenters. The fourth-order valence-electron chi connectivity index (χ4n) is 5.80. The van der Waals surface area contributed by atoms with Crippen LogP contribution in [0, 0.1) is 5.92 Å². The molecule has 3 aliphatic heterocycles. The molecule has 0 N–H and O–H groups in total. The van der Waals surface area contributed by atoms with Gasteiger partial charge in [0.25, 0.3) is 0 Å². The van der Waals surface area contributed by atoms with Gasteiger partial charge in [-0.15, -0.1) is 0 Å². The molecule has 0 aliphatic carbocycles. The van der Waals surface area contributed by atoms with Gasteiger partial charge in [-0.3, -0.25) is 9.59 Å². The smallest absolute Gasteiger partial charge is 0.182 e. The lowest BCUT2D eigenvalue weighted by molar-refractivity contribution is -0.125. The highest BCUT2D eigenvalue weighted by atomic mass is 16.5. The fraction of sp³-hybridized carbons (Fsp3) is 0.543. The van der Waals surface area contributed by atoms with Crippen LogP contribution in [0.15, 0.2) is 30.0 Å². The summed E-state index contributed by atoms with van der Waals surface area (Å²) in [5, 5.41) is 0. The Morgan fingerprint density at radius 3 is 1.38 bits per heavy atom. The summed E-state index contributed by atoms with van der Waals surface area (Å²) in [4.78, 5) is 25.8. The van der Waals surface area contributed by atoms with Crippen LogP contribution in [0.3, 0.4) is 0 Å². The number of aldehydes is 1. The number of hydrogen-bond acceptors (Lipinski definition) is 5. The first-order valence-corrected chi connectivity index (χ1v) is 14.8. The monoisotopic (exact) mass is 547 g/mol. The van der Waals surface area contributed by atoms with Crippen molar-refractivity contribution in [3.8, 4) is 11.5 Å². The van der Waals surface area contributed by atoms with Crippen molar-refractivity contribution >= 4 is 18.1 Å². The molecule has 0 unspecified atom stereocenters. The first-order chi connectivity index (χ1) is 18.9. The van der Waals surface area contributed by atoms with Gasteiger partial charge in [-0.1, -0.05) is 55.4 Å². The van der Waals surface area contributed by atoms with Crippen molar-refractivity contribution in [2.75, 3.05) is 27.3 Å². The highest BCUT2D eigenvalue weighted by molar-refractivity contribution is 6.02. The van der Waals surface area contributed by atoms with Crippen LogP contribution < -0.4 is 9.47 Å². The van der Waals surface area contributed by atoms with Crippen LogP contribution in [0.5, 0.6) is 11.5 Å². The van der Waals surface area contributed by atoms with E-state index in [0.29, 0.717) is 29.5 Å². The molecule has 0 spiro atoms. The maximum absolute atomic E-state index is 12.6. The van der Waals surface area contributed by atoms with Gasteiger partial charge in [0, 0.05) is 24.6 Å². The van der Waals surface area contributed by atoms with Gasteiger partial charge in [0.2, 0.25) is 0 Å². The summed E-state index contributed by atoms with van der Waals surface area (Å²) in [6.07, 6.45) is 5.04. The van der Waals surface area contributed by atoms with Gasteiger partial charge in [0.05, 0.1) is 19.9 Å². The Morgan fingerprint density at radius 1 is 0.700 bits per heavy atom. The van der Waals surface area contributed by atoms with E-state index in [1.165, 1.54) is 11.1 Å². The standard InChI is InChI=1S/C21H29NO2.C14H20O2/c1-13(2)17-10-15(11-18(14(3)4)21(17)24-5)12-19-20(23)16-6-8-22(19)9-7-16;1-9(2)12-6-11(8-15)7-13(10(3)4)14(12)16-5/h10-14,16H,6-9H2,1-5H3;6-10H,1-5H3/b19-12+;. The molecular weight excluding hydrogens is 498 g/mol. The van der Waals surface area contributed by atoms with Crippen molar-refractivity contribution < 1.29 is 19.1 Å². The molecule has 2 bridgehead atoms. The van der Waals surface area contributed by atoms with E-state index in [0.717, 1.165) is 71.7 Å². The van der Waals surface area contributed by atoms with E-state index >= 15 is 0 Å². The van der Waals surface area contributed by atoms with E-state index in [4.69, 9.17) is 9.47 Å². The fourth-order valence-corrected chi connectivity index (χ4v) is 5.80. The van der Waals surface area contributed by atoms with Crippen molar-refractivity contribution in [2.24, 2.45) is 5.92 Å². The van der Waals surface area contributed by atoms with Crippen LogP contribution in [0.2, 0.25) is 0 Å². The Kier molecular flexibility index (Phi) is 10.6. The average molecular weight is 548 g/mol. The van der Waals surface area contributed by atoms with Crippen LogP contribution in [-0.4, -0.2) is 44.3 Å². The van der Waals surface area contributed by atoms with E-state index in [9.17, 15) is 9.59 Å². The second-order valence-corrected chi connectivity index (χ2v) is 12.4. The number of rotatable bonds is 8. The normalized spacial score (nSPS) is 16.3. The highest BCUT2D eigenvalue weighted by Gasteiger charge is 2.36. The number of hydrogen-bond donors (Lipinski definition) is 0. The van der Waals surface area contributed by atoms with Gasteiger partial charge in [0.15, 0.2) is 5.78 Å². The molecule has 3 aliphatic rings. The molecule has 3 fully saturated rings. The summed E-state index contributed by atoms with van der Waals surface area (Å²) in [5.41, 5.74) is 7.42. The Hall–Kier alpha value is -3.08. The van der Waals surface area contributed by atoms with Crippen LogP contribution in [0.4, 0.5) is 0 Å². The number of carbonyl (C=O) groups excluding carboxylic acids is 2. The Balaban J connectivity index is 0.000000241. The largest absolute Gasteiger partial charge is 0.496 e. The van der Waals surface area contributed by atoms with E-state index in [1.807, 2.05) is 12.1 Å². The maximum atomic E-state index is 12.6. The first kappa shape index (κ1) is 31.4. The number of ketones is 1. The molecule has 5 heteroatoms. The van der Waals surface area contributed by atoms with E-state index in [2.05, 4.69) is 78.5 Å². The summed E-state index contributed by atoms with van der Waals surface area (Å²) in [6, 6.07) is 8.23. The molecule has 40 heavy (non-hydrogen) atoms. The molecule has 5 rings (SSSR count). The minimum absolute atomic E-state index is 0.244. The predicted molar refractivity (Wildman–Crippen MR) is 165 cm³/mol. The summed E-state index contributed by atoms with van der Waals surface area (Å²) in [5.74, 6) is 3.98. The number of nitrogens with zero attached hydrogens (tertiary/aromatic N) is 1. The van der Waals surface area contributed by atoms with Crippen molar-refractivity contribution in [2.45, 2.75) is 91.9 Å². The SMILES string of the molecule is COc1c(C(C)C)cc(/C=C2\C(=O)C3CCN2CC3)cc1C(C)C.COc1c(C(C)C)cc(C=O)cc1C(C)C. The lowest BCUT2D eigenvalue weighted by atomic mass is 9.84. The molecule has 218 valence electrons. The third-order valence-electron chi connectivity index (χ3n) is 8.13. The summed E-state index contributed by atoms with van der Waals surface area (Å²) >= 11 is 0. The Morgan fingerprint density at radius 2 is 1.07 bits per heavy atom. The summed E-state index contributed by atoms with van der Waals surface area (Å²) < 4.78 is 11.2. The minimum Gasteiger partial charge on any atom is -0.496 e. The van der Waals surface area contributed by atoms with Gasteiger partial charge in [0.1, 0.15) is 17.8 Å². The number of piperidine rings is 3. The molecule has 5 nitrogen and oxygen atoms in total. The zero-order valence-electron chi connectivity index (χ0n) is 26.3. The topological polar surface area (TPSA) is 55.8 Å². The lowest BCUT2D eigenvalue weighted by Gasteiger charge is -2.41. The van der Waals surface area contributed by atoms with Gasteiger partial charge < -0.3 is 14.4 Å². The van der Waals surface area contributed by atoms with E-state index in [1.54, 1.807) is 14.2 Å². The third kappa shape index (κ3) is 6.79. The minimum atomic E-state index is 0.244. The van der Waals surface area contributed by atoms with Crippen molar-refractivity contribution in [3.63, 3.8) is 0 Å². The van der Waals surface area contributed by atoms with Gasteiger partial charge in [-0.2, -0.15) is 0 Å². The van der Waals surface area contributed by atoms with Crippen molar-refractivity contribution in [1.29, 1.82) is 0 Å². The Bertz CT molecular complexity index is 1170. The molecule has 3 saturated heterocycles. The van der Waals surface area contributed by atoms with E-state index < -0.39 is 0 Å². The lowest BCUT2D eigenvalue weighted by Crippen LogP contribution is -2.45. The van der Waals surface area contributed by atoms with Crippen LogP contribution in [0.25, 0.3) is 6.08 Å². The van der Waals surface area contributed by atoms with Gasteiger partial charge in [-0.05, 0) is 94.7 Å². The summed E-state index contributed by atoms with van der Waals surface area (Å²) in [7, 11) is 3.44. The number of methoxy groups -OCH3 is 2. The second-order valence-electron chi connectivity index (χ2n) is 12.4. The zero-order chi connectivity index (χ0) is 29.7. The average Bonchev–Trinajstić information content (AvgIpc) is 2.93. The van der Waals surface area contributed by atoms with Crippen LogP contribution >= 0.6 is 0 Å². The highest BCUT2D eigenvalue weighted by Crippen LogP contribution is 2.38. The van der Waals surface area contributed by atoms with Crippen LogP contribution in [-0.2, 0) is 4.79 Å². The number of carbonyl (C=O) groups is 2. The quantitative estimate of drug-likeness (QED) is 0.246. The number of ether oxygens (including phenoxy) is 2. The van der Waals surface area contributed by atoms with Crippen molar-refractivity contribution in [1.82, 2.24) is 4.90 Å². The molecular formula is C35H49NO4. The number of Topliss-reactive ketones (excluding diaryl/α,β-unsaturated/α-hetero) is 1. The third-order valence-corrected chi connectivity index (χ3v) is 8.13. The zero-order valence-corrected chi connectivity index (χ0v) is 26.3. The summed E-state index contributed by atoms with van der Waals surface area (Å²) in [6.45, 7) is 19.2. The van der Waals surface area contributed by atoms with Crippen LogP contribution in [0.1, 0.15) is 130 Å². The molecule has 3 heterocycles. The second kappa shape index (κ2) is 13.5. The molecule has 0 aromatic heterocycles. The Labute approximate surface area is 241 Å². The maximum Gasteiger partial charge on any atom is 0.182 e. The van der Waals surface area contributed by atoms with Crippen molar-refractivity contribution in [3.05, 3.63) is 63.3 Å². The number of fused-ring (bicyclic) bond motifs is 3. The van der Waals surface area contributed by atoms with Gasteiger partial charge in [-0.25, -0.2) is 0 Å². The molecule has 0 amide bonds. The predicted octanol–water partition coefficient (Wildman–Crippen LogP) is 8.33. The van der Waals surface area contributed by atoms with Gasteiger partial charge >= 0.3 is 0 Å². The molecule has 2 aromatic rings. The molecule has 0 radical (unpaired) electrons. The number of allylic oxidation sites excluding steroid dienone is 1. The first-order valence-electron chi connectivity index (χ1n) is 14.8.